The molecule has 1 amide bonds. The molecule has 0 bridgehead atoms. The van der Waals surface area contributed by atoms with E-state index < -0.39 is 0 Å². The number of rotatable bonds is 5. The minimum absolute atomic E-state index is 0.0430. The highest BCUT2D eigenvalue weighted by molar-refractivity contribution is 5.93. The summed E-state index contributed by atoms with van der Waals surface area (Å²) < 4.78 is 11.2. The van der Waals surface area contributed by atoms with E-state index in [1.54, 1.807) is 6.26 Å². The average Bonchev–Trinajstić information content (AvgIpc) is 2.92. The lowest BCUT2D eigenvalue weighted by Gasteiger charge is -2.26. The van der Waals surface area contributed by atoms with Crippen LogP contribution in [0.2, 0.25) is 0 Å². The molecule has 0 radical (unpaired) electrons. The number of carbonyl (C=O) groups is 1. The maximum absolute atomic E-state index is 12.8. The van der Waals surface area contributed by atoms with Crippen molar-refractivity contribution in [2.75, 3.05) is 7.05 Å². The molecule has 1 aliphatic rings. The molecule has 128 valence electrons. The standard InChI is InChI=1S/C20H25NO3/c1-21(17-9-5-2-3-6-10-17)20(22)19-16(13-14-23-19)15-24-18-11-7-4-8-12-18/h4,7-8,11-14,17H,2-3,5-6,9-10,15H2,1H3. The van der Waals surface area contributed by atoms with Gasteiger partial charge in [-0.2, -0.15) is 0 Å². The van der Waals surface area contributed by atoms with Crippen molar-refractivity contribution in [3.05, 3.63) is 54.0 Å². The molecule has 1 aromatic heterocycles. The van der Waals surface area contributed by atoms with Crippen LogP contribution >= 0.6 is 0 Å². The van der Waals surface area contributed by atoms with E-state index in [-0.39, 0.29) is 5.91 Å². The number of carbonyl (C=O) groups excluding carboxylic acids is 1. The molecule has 0 saturated heterocycles. The number of amides is 1. The zero-order valence-electron chi connectivity index (χ0n) is 14.2. The lowest BCUT2D eigenvalue weighted by molar-refractivity contribution is 0.0681. The summed E-state index contributed by atoms with van der Waals surface area (Å²) in [5, 5.41) is 0. The highest BCUT2D eigenvalue weighted by atomic mass is 16.5. The van der Waals surface area contributed by atoms with Gasteiger partial charge in [-0.25, -0.2) is 0 Å². The second kappa shape index (κ2) is 8.04. The number of hydrogen-bond acceptors (Lipinski definition) is 3. The molecule has 1 saturated carbocycles. The van der Waals surface area contributed by atoms with E-state index in [4.69, 9.17) is 9.15 Å². The van der Waals surface area contributed by atoms with Crippen molar-refractivity contribution in [1.29, 1.82) is 0 Å². The summed E-state index contributed by atoms with van der Waals surface area (Å²) in [6.45, 7) is 0.333. The van der Waals surface area contributed by atoms with Gasteiger partial charge in [0.15, 0.2) is 5.76 Å². The van der Waals surface area contributed by atoms with Crippen molar-refractivity contribution >= 4 is 5.91 Å². The fourth-order valence-electron chi connectivity index (χ4n) is 3.29. The molecule has 0 N–H and O–H groups in total. The molecule has 1 aromatic carbocycles. The van der Waals surface area contributed by atoms with E-state index >= 15 is 0 Å². The van der Waals surface area contributed by atoms with E-state index in [9.17, 15) is 4.79 Å². The van der Waals surface area contributed by atoms with Crippen LogP contribution in [0, 0.1) is 0 Å². The van der Waals surface area contributed by atoms with Gasteiger partial charge in [-0.3, -0.25) is 4.79 Å². The topological polar surface area (TPSA) is 42.7 Å². The summed E-state index contributed by atoms with van der Waals surface area (Å²) in [6.07, 6.45) is 8.68. The first-order valence-electron chi connectivity index (χ1n) is 8.77. The van der Waals surface area contributed by atoms with Crippen LogP contribution in [0.1, 0.15) is 54.6 Å². The maximum Gasteiger partial charge on any atom is 0.289 e. The summed E-state index contributed by atoms with van der Waals surface area (Å²) >= 11 is 0. The van der Waals surface area contributed by atoms with Gasteiger partial charge in [0, 0.05) is 18.7 Å². The number of benzene rings is 1. The molecule has 2 aromatic rings. The van der Waals surface area contributed by atoms with Crippen molar-refractivity contribution in [2.45, 2.75) is 51.2 Å². The van der Waals surface area contributed by atoms with Gasteiger partial charge in [-0.05, 0) is 31.0 Å². The van der Waals surface area contributed by atoms with Gasteiger partial charge in [0.05, 0.1) is 6.26 Å². The van der Waals surface area contributed by atoms with Crippen LogP contribution in [0.15, 0.2) is 47.1 Å². The normalized spacial score (nSPS) is 15.7. The monoisotopic (exact) mass is 327 g/mol. The van der Waals surface area contributed by atoms with Gasteiger partial charge in [-0.1, -0.05) is 43.9 Å². The van der Waals surface area contributed by atoms with Crippen molar-refractivity contribution in [3.8, 4) is 5.75 Å². The number of para-hydroxylation sites is 1. The van der Waals surface area contributed by atoms with Gasteiger partial charge >= 0.3 is 0 Å². The third kappa shape index (κ3) is 3.99. The van der Waals surface area contributed by atoms with E-state index in [1.807, 2.05) is 48.3 Å². The summed E-state index contributed by atoms with van der Waals surface area (Å²) in [5.74, 6) is 1.14. The van der Waals surface area contributed by atoms with E-state index in [0.717, 1.165) is 24.2 Å². The number of ether oxygens (including phenoxy) is 1. The lowest BCUT2D eigenvalue weighted by Crippen LogP contribution is -2.37. The second-order valence-electron chi connectivity index (χ2n) is 6.44. The van der Waals surface area contributed by atoms with Crippen LogP contribution in [-0.2, 0) is 6.61 Å². The Hall–Kier alpha value is -2.23. The molecule has 0 aliphatic heterocycles. The largest absolute Gasteiger partial charge is 0.489 e. The first kappa shape index (κ1) is 16.6. The van der Waals surface area contributed by atoms with Crippen molar-refractivity contribution in [3.63, 3.8) is 0 Å². The molecular weight excluding hydrogens is 302 g/mol. The van der Waals surface area contributed by atoms with Crippen molar-refractivity contribution in [1.82, 2.24) is 4.90 Å². The molecule has 0 spiro atoms. The molecule has 24 heavy (non-hydrogen) atoms. The lowest BCUT2D eigenvalue weighted by atomic mass is 10.1. The minimum Gasteiger partial charge on any atom is -0.489 e. The molecular formula is C20H25NO3. The van der Waals surface area contributed by atoms with Gasteiger partial charge < -0.3 is 14.1 Å². The molecule has 4 nitrogen and oxygen atoms in total. The Kier molecular flexibility index (Phi) is 5.57. The Morgan fingerprint density at radius 1 is 1.12 bits per heavy atom. The van der Waals surface area contributed by atoms with E-state index in [2.05, 4.69) is 0 Å². The second-order valence-corrected chi connectivity index (χ2v) is 6.44. The highest BCUT2D eigenvalue weighted by Gasteiger charge is 2.26. The van der Waals surface area contributed by atoms with E-state index in [0.29, 0.717) is 18.4 Å². The fraction of sp³-hybridized carbons (Fsp3) is 0.450. The predicted octanol–water partition coefficient (Wildman–Crippen LogP) is 4.65. The van der Waals surface area contributed by atoms with Crippen LogP contribution in [0.3, 0.4) is 0 Å². The molecule has 3 rings (SSSR count). The van der Waals surface area contributed by atoms with Crippen LogP contribution < -0.4 is 4.74 Å². The summed E-state index contributed by atoms with van der Waals surface area (Å²) in [7, 11) is 1.89. The van der Waals surface area contributed by atoms with Gasteiger partial charge in [0.1, 0.15) is 12.4 Å². The zero-order valence-corrected chi connectivity index (χ0v) is 14.2. The average molecular weight is 327 g/mol. The molecule has 0 unspecified atom stereocenters. The van der Waals surface area contributed by atoms with Crippen LogP contribution in [0.25, 0.3) is 0 Å². The van der Waals surface area contributed by atoms with E-state index in [1.165, 1.54) is 25.7 Å². The minimum atomic E-state index is -0.0430. The zero-order chi connectivity index (χ0) is 16.8. The summed E-state index contributed by atoms with van der Waals surface area (Å²) in [6, 6.07) is 11.7. The van der Waals surface area contributed by atoms with Crippen LogP contribution in [0.5, 0.6) is 5.75 Å². The van der Waals surface area contributed by atoms with Gasteiger partial charge in [-0.15, -0.1) is 0 Å². The summed E-state index contributed by atoms with van der Waals surface area (Å²) in [4.78, 5) is 14.7. The molecule has 1 aliphatic carbocycles. The van der Waals surface area contributed by atoms with Gasteiger partial charge in [0.2, 0.25) is 0 Å². The summed E-state index contributed by atoms with van der Waals surface area (Å²) in [5.41, 5.74) is 0.796. The van der Waals surface area contributed by atoms with Crippen molar-refractivity contribution in [2.24, 2.45) is 0 Å². The Balaban J connectivity index is 1.65. The Labute approximate surface area is 143 Å². The quantitative estimate of drug-likeness (QED) is 0.751. The molecule has 0 atom stereocenters. The SMILES string of the molecule is CN(C(=O)c1occc1COc1ccccc1)C1CCCCCC1. The maximum atomic E-state index is 12.8. The number of furan rings is 1. The Morgan fingerprint density at radius 2 is 1.83 bits per heavy atom. The van der Waals surface area contributed by atoms with Crippen LogP contribution in [0.4, 0.5) is 0 Å². The Morgan fingerprint density at radius 3 is 2.54 bits per heavy atom. The molecule has 1 fully saturated rings. The van der Waals surface area contributed by atoms with Crippen LogP contribution in [-0.4, -0.2) is 23.9 Å². The predicted molar refractivity (Wildman–Crippen MR) is 93.1 cm³/mol. The van der Waals surface area contributed by atoms with Gasteiger partial charge in [0.25, 0.3) is 5.91 Å². The number of nitrogens with zero attached hydrogens (tertiary/aromatic N) is 1. The first-order valence-corrected chi connectivity index (χ1v) is 8.77. The van der Waals surface area contributed by atoms with Crippen molar-refractivity contribution < 1.29 is 13.9 Å². The Bertz CT molecular complexity index is 642. The molecule has 4 heteroatoms. The highest BCUT2D eigenvalue weighted by Crippen LogP contribution is 2.24. The number of hydrogen-bond donors (Lipinski definition) is 0. The first-order chi connectivity index (χ1) is 11.8. The molecule has 1 heterocycles. The smallest absolute Gasteiger partial charge is 0.289 e. The third-order valence-corrected chi connectivity index (χ3v) is 4.77. The third-order valence-electron chi connectivity index (χ3n) is 4.77. The fourth-order valence-corrected chi connectivity index (χ4v) is 3.29.